The predicted molar refractivity (Wildman–Crippen MR) is 155 cm³/mol. The lowest BCUT2D eigenvalue weighted by atomic mass is 9.82. The molecule has 3 aromatic carbocycles. The molecular weight excluding hydrogens is 575 g/mol. The third-order valence-corrected chi connectivity index (χ3v) is 9.38. The Morgan fingerprint density at radius 2 is 1.59 bits per heavy atom. The third kappa shape index (κ3) is 5.27. The first-order chi connectivity index (χ1) is 19.1. The fourth-order valence-electron chi connectivity index (χ4n) is 6.04. The Balaban J connectivity index is 0.00000337. The summed E-state index contributed by atoms with van der Waals surface area (Å²) in [7, 11) is 0. The first-order valence-corrected chi connectivity index (χ1v) is 14.2. The number of para-hydroxylation sites is 2. The number of rotatable bonds is 5. The molecule has 2 fully saturated rings. The fourth-order valence-corrected chi connectivity index (χ4v) is 7.11. The van der Waals surface area contributed by atoms with E-state index in [1.807, 2.05) is 47.4 Å². The smallest absolute Gasteiger partial charge is 0.417 e. The number of hydrogen-bond acceptors (Lipinski definition) is 6. The molecule has 1 spiro atoms. The zero-order valence-corrected chi connectivity index (χ0v) is 24.1. The van der Waals surface area contributed by atoms with Crippen LogP contribution in [0.25, 0.3) is 0 Å². The number of piperidine rings is 1. The molecular formula is C30H31ClF3N3O3S. The zero-order chi connectivity index (χ0) is 28.1. The third-order valence-electron chi connectivity index (χ3n) is 8.25. The highest BCUT2D eigenvalue weighted by atomic mass is 35.5. The number of hydrogen-bond donors (Lipinski definition) is 1. The van der Waals surface area contributed by atoms with Crippen LogP contribution in [0, 0.1) is 0 Å². The maximum absolute atomic E-state index is 13.5. The van der Waals surface area contributed by atoms with E-state index in [0.29, 0.717) is 43.9 Å². The van der Waals surface area contributed by atoms with Gasteiger partial charge in [0.15, 0.2) is 11.3 Å². The predicted octanol–water partition coefficient (Wildman–Crippen LogP) is 7.32. The minimum Gasteiger partial charge on any atom is -0.437 e. The highest BCUT2D eigenvalue weighted by molar-refractivity contribution is 7.99. The molecule has 0 radical (unpaired) electrons. The molecule has 3 aliphatic heterocycles. The number of carbonyl (C=O) groups excluding carboxylic acids is 1. The van der Waals surface area contributed by atoms with E-state index in [1.165, 1.54) is 22.7 Å². The molecule has 1 N–H and O–H groups in total. The van der Waals surface area contributed by atoms with Gasteiger partial charge in [0.2, 0.25) is 0 Å². The molecule has 0 saturated carbocycles. The van der Waals surface area contributed by atoms with E-state index in [0.717, 1.165) is 34.5 Å². The zero-order valence-electron chi connectivity index (χ0n) is 22.4. The van der Waals surface area contributed by atoms with Crippen molar-refractivity contribution in [3.05, 3.63) is 78.4 Å². The van der Waals surface area contributed by atoms with E-state index in [1.54, 1.807) is 25.1 Å². The van der Waals surface area contributed by atoms with Crippen LogP contribution in [-0.2, 0) is 10.9 Å². The van der Waals surface area contributed by atoms with Crippen LogP contribution >= 0.6 is 24.2 Å². The summed E-state index contributed by atoms with van der Waals surface area (Å²) < 4.78 is 46.4. The number of benzene rings is 3. The molecule has 0 bridgehead atoms. The Labute approximate surface area is 247 Å². The van der Waals surface area contributed by atoms with Gasteiger partial charge in [0.25, 0.3) is 0 Å². The van der Waals surface area contributed by atoms with Crippen molar-refractivity contribution in [1.82, 2.24) is 4.90 Å². The van der Waals surface area contributed by atoms with Gasteiger partial charge in [-0.2, -0.15) is 13.2 Å². The van der Waals surface area contributed by atoms with Crippen LogP contribution in [0.4, 0.5) is 35.0 Å². The van der Waals surface area contributed by atoms with Crippen molar-refractivity contribution >= 4 is 47.3 Å². The summed E-state index contributed by atoms with van der Waals surface area (Å²) in [6.07, 6.45) is -3.27. The number of fused-ring (bicyclic) bond motifs is 2. The fraction of sp³-hybridized carbons (Fsp3) is 0.367. The molecule has 11 heteroatoms. The van der Waals surface area contributed by atoms with Gasteiger partial charge in [-0.3, -0.25) is 0 Å². The Bertz CT molecular complexity index is 1410. The van der Waals surface area contributed by atoms with Crippen LogP contribution in [0.15, 0.2) is 82.6 Å². The first-order valence-electron chi connectivity index (χ1n) is 13.4. The molecule has 41 heavy (non-hydrogen) atoms. The molecule has 6 rings (SSSR count). The van der Waals surface area contributed by atoms with Gasteiger partial charge < -0.3 is 19.6 Å². The van der Waals surface area contributed by atoms with Gasteiger partial charge >= 0.3 is 12.3 Å². The lowest BCUT2D eigenvalue weighted by Crippen LogP contribution is -2.60. The molecule has 3 aromatic rings. The summed E-state index contributed by atoms with van der Waals surface area (Å²) in [4.78, 5) is 20.2. The maximum atomic E-state index is 13.5. The van der Waals surface area contributed by atoms with Gasteiger partial charge in [-0.1, -0.05) is 42.1 Å². The Morgan fingerprint density at radius 3 is 2.29 bits per heavy atom. The van der Waals surface area contributed by atoms with Crippen LogP contribution in [0.3, 0.4) is 0 Å². The quantitative estimate of drug-likeness (QED) is 0.329. The number of ether oxygens (including phenoxy) is 1. The molecule has 0 aromatic heterocycles. The number of anilines is 3. The van der Waals surface area contributed by atoms with E-state index in [2.05, 4.69) is 4.90 Å². The number of amides is 1. The average molecular weight is 606 g/mol. The molecule has 2 saturated heterocycles. The van der Waals surface area contributed by atoms with Crippen molar-refractivity contribution < 1.29 is 27.8 Å². The van der Waals surface area contributed by atoms with E-state index in [9.17, 15) is 23.1 Å². The number of likely N-dealkylation sites (tertiary alicyclic amines) is 1. The minimum atomic E-state index is -4.41. The van der Waals surface area contributed by atoms with Crippen molar-refractivity contribution in [1.29, 1.82) is 0 Å². The summed E-state index contributed by atoms with van der Waals surface area (Å²) in [5.41, 5.74) is -1.08. The summed E-state index contributed by atoms with van der Waals surface area (Å²) in [6.45, 7) is 4.19. The molecule has 3 aliphatic rings. The van der Waals surface area contributed by atoms with Gasteiger partial charge in [-0.25, -0.2) is 9.69 Å². The second-order valence-corrected chi connectivity index (χ2v) is 11.7. The van der Waals surface area contributed by atoms with E-state index < -0.39 is 29.2 Å². The van der Waals surface area contributed by atoms with Gasteiger partial charge in [0.1, 0.15) is 0 Å². The van der Waals surface area contributed by atoms with Crippen molar-refractivity contribution in [3.8, 4) is 0 Å². The second kappa shape index (κ2) is 11.1. The van der Waals surface area contributed by atoms with Crippen molar-refractivity contribution in [2.75, 3.05) is 36.0 Å². The number of nitrogens with zero attached hydrogens (tertiary/aromatic N) is 3. The van der Waals surface area contributed by atoms with E-state index in [4.69, 9.17) is 4.74 Å². The van der Waals surface area contributed by atoms with E-state index in [-0.39, 0.29) is 12.4 Å². The highest BCUT2D eigenvalue weighted by Gasteiger charge is 2.63. The Hall–Kier alpha value is -2.92. The standard InChI is InChI=1S/C30H30F3N3O3S.ClH/c1-28(38)29(39-27(37)36(28)22-8-3-2-4-9-22)14-18-34(19-15-29)16-7-17-35-23-10-5-6-11-25(23)40-26-13-12-21(20-24(26)35)30(31,32)33;/h2-6,8-13,20,38H,7,14-19H2,1H3;1H. The maximum Gasteiger partial charge on any atom is 0.417 e. The van der Waals surface area contributed by atoms with Crippen molar-refractivity contribution in [3.63, 3.8) is 0 Å². The number of halogens is 4. The molecule has 3 heterocycles. The lowest BCUT2D eigenvalue weighted by Gasteiger charge is -2.45. The summed E-state index contributed by atoms with van der Waals surface area (Å²) in [6, 6.07) is 20.8. The van der Waals surface area contributed by atoms with Crippen LogP contribution in [-0.4, -0.2) is 53.6 Å². The summed E-state index contributed by atoms with van der Waals surface area (Å²) >= 11 is 1.49. The summed E-state index contributed by atoms with van der Waals surface area (Å²) in [5.74, 6) is 0. The molecule has 218 valence electrons. The molecule has 6 nitrogen and oxygen atoms in total. The van der Waals surface area contributed by atoms with Gasteiger partial charge in [0.05, 0.1) is 22.6 Å². The molecule has 1 atom stereocenters. The molecule has 1 amide bonds. The lowest BCUT2D eigenvalue weighted by molar-refractivity contribution is -0.137. The van der Waals surface area contributed by atoms with Crippen molar-refractivity contribution in [2.24, 2.45) is 0 Å². The van der Waals surface area contributed by atoms with Crippen LogP contribution in [0.1, 0.15) is 31.7 Å². The van der Waals surface area contributed by atoms with Gasteiger partial charge in [0, 0.05) is 42.3 Å². The number of alkyl halides is 3. The molecule has 1 unspecified atom stereocenters. The highest BCUT2D eigenvalue weighted by Crippen LogP contribution is 2.50. The van der Waals surface area contributed by atoms with Gasteiger partial charge in [-0.05, 0) is 62.4 Å². The first kappa shape index (κ1) is 29.6. The minimum absolute atomic E-state index is 0. The summed E-state index contributed by atoms with van der Waals surface area (Å²) in [5, 5.41) is 11.5. The monoisotopic (exact) mass is 605 g/mol. The number of carbonyl (C=O) groups is 1. The van der Waals surface area contributed by atoms with Crippen molar-refractivity contribution in [2.45, 2.75) is 53.5 Å². The largest absolute Gasteiger partial charge is 0.437 e. The van der Waals surface area contributed by atoms with Crippen LogP contribution in [0.5, 0.6) is 0 Å². The Kier molecular flexibility index (Phi) is 7.97. The Morgan fingerprint density at radius 1 is 0.927 bits per heavy atom. The SMILES string of the molecule is CC1(O)N(c2ccccc2)C(=O)OC12CCN(CCCN1c3ccccc3Sc3ccc(C(F)(F)F)cc31)CC2.Cl. The van der Waals surface area contributed by atoms with Crippen LogP contribution < -0.4 is 9.80 Å². The average Bonchev–Trinajstić information content (AvgIpc) is 3.12. The van der Waals surface area contributed by atoms with E-state index >= 15 is 0 Å². The second-order valence-electron chi connectivity index (χ2n) is 10.7. The van der Waals surface area contributed by atoms with Gasteiger partial charge in [-0.15, -0.1) is 12.4 Å². The normalized spacial score (nSPS) is 21.7. The van der Waals surface area contributed by atoms with Crippen LogP contribution in [0.2, 0.25) is 0 Å². The topological polar surface area (TPSA) is 56.2 Å². The molecule has 0 aliphatic carbocycles. The number of aliphatic hydroxyl groups is 1.